The van der Waals surface area contributed by atoms with Crippen LogP contribution in [0.15, 0.2) is 0 Å². The third kappa shape index (κ3) is 4.42. The molecule has 1 N–H and O–H groups in total. The predicted octanol–water partition coefficient (Wildman–Crippen LogP) is 3.38. The quantitative estimate of drug-likeness (QED) is 0.755. The molecule has 0 aromatic carbocycles. The van der Waals surface area contributed by atoms with Crippen LogP contribution in [0.25, 0.3) is 0 Å². The van der Waals surface area contributed by atoms with Crippen LogP contribution in [0.4, 0.5) is 0 Å². The maximum atomic E-state index is 10.2. The summed E-state index contributed by atoms with van der Waals surface area (Å²) < 4.78 is 5.79. The van der Waals surface area contributed by atoms with Gasteiger partial charge in [0.25, 0.3) is 0 Å². The molecule has 2 nitrogen and oxygen atoms in total. The van der Waals surface area contributed by atoms with Crippen LogP contribution < -0.4 is 0 Å². The molecular weight excluding hydrogens is 200 g/mol. The molecule has 1 fully saturated rings. The lowest BCUT2D eigenvalue weighted by molar-refractivity contribution is -0.0781. The van der Waals surface area contributed by atoms with E-state index in [0.29, 0.717) is 11.8 Å². The average Bonchev–Trinajstić information content (AvgIpc) is 2.26. The molecule has 16 heavy (non-hydrogen) atoms. The van der Waals surface area contributed by atoms with Crippen molar-refractivity contribution in [3.8, 4) is 0 Å². The SMILES string of the molecule is CCOC(C(O)CC(C)C)C1CCCCC1. The molecule has 96 valence electrons. The van der Waals surface area contributed by atoms with E-state index in [2.05, 4.69) is 13.8 Å². The summed E-state index contributed by atoms with van der Waals surface area (Å²) in [5.74, 6) is 1.13. The molecule has 0 amide bonds. The second-order valence-corrected chi connectivity index (χ2v) is 5.51. The Morgan fingerprint density at radius 2 is 1.81 bits per heavy atom. The third-order valence-electron chi connectivity index (χ3n) is 3.57. The first-order chi connectivity index (χ1) is 7.65. The van der Waals surface area contributed by atoms with Gasteiger partial charge in [-0.05, 0) is 38.0 Å². The predicted molar refractivity (Wildman–Crippen MR) is 67.5 cm³/mol. The van der Waals surface area contributed by atoms with Crippen molar-refractivity contribution < 1.29 is 9.84 Å². The molecule has 1 aliphatic rings. The zero-order valence-electron chi connectivity index (χ0n) is 11.1. The van der Waals surface area contributed by atoms with Crippen LogP contribution in [-0.2, 0) is 4.74 Å². The van der Waals surface area contributed by atoms with Crippen LogP contribution in [0.2, 0.25) is 0 Å². The van der Waals surface area contributed by atoms with Gasteiger partial charge in [0.1, 0.15) is 0 Å². The van der Waals surface area contributed by atoms with E-state index in [1.807, 2.05) is 6.92 Å². The fraction of sp³-hybridized carbons (Fsp3) is 1.00. The van der Waals surface area contributed by atoms with Crippen LogP contribution in [0.1, 0.15) is 59.3 Å². The van der Waals surface area contributed by atoms with Crippen molar-refractivity contribution in [1.29, 1.82) is 0 Å². The summed E-state index contributed by atoms with van der Waals surface area (Å²) >= 11 is 0. The number of hydrogen-bond donors (Lipinski definition) is 1. The molecule has 0 saturated heterocycles. The number of aliphatic hydroxyl groups excluding tert-OH is 1. The summed E-state index contributed by atoms with van der Waals surface area (Å²) in [6.07, 6.45) is 7.11. The zero-order chi connectivity index (χ0) is 12.0. The molecule has 0 radical (unpaired) electrons. The van der Waals surface area contributed by atoms with E-state index in [1.54, 1.807) is 0 Å². The van der Waals surface area contributed by atoms with Crippen LogP contribution in [0.3, 0.4) is 0 Å². The normalized spacial score (nSPS) is 22.3. The minimum atomic E-state index is -0.275. The average molecular weight is 228 g/mol. The second kappa shape index (κ2) is 7.29. The van der Waals surface area contributed by atoms with Gasteiger partial charge in [0.2, 0.25) is 0 Å². The molecule has 2 unspecified atom stereocenters. The number of hydrogen-bond acceptors (Lipinski definition) is 2. The number of aliphatic hydroxyl groups is 1. The largest absolute Gasteiger partial charge is 0.390 e. The Balaban J connectivity index is 2.50. The molecule has 0 heterocycles. The van der Waals surface area contributed by atoms with Gasteiger partial charge in [0.05, 0.1) is 12.2 Å². The van der Waals surface area contributed by atoms with Crippen LogP contribution in [-0.4, -0.2) is 23.9 Å². The van der Waals surface area contributed by atoms with Crippen molar-refractivity contribution in [2.75, 3.05) is 6.61 Å². The highest BCUT2D eigenvalue weighted by atomic mass is 16.5. The molecule has 0 spiro atoms. The summed E-state index contributed by atoms with van der Waals surface area (Å²) in [6.45, 7) is 7.06. The van der Waals surface area contributed by atoms with Crippen molar-refractivity contribution >= 4 is 0 Å². The van der Waals surface area contributed by atoms with Crippen LogP contribution >= 0.6 is 0 Å². The van der Waals surface area contributed by atoms with Gasteiger partial charge in [-0.2, -0.15) is 0 Å². The van der Waals surface area contributed by atoms with Crippen LogP contribution in [0.5, 0.6) is 0 Å². The molecule has 2 heteroatoms. The van der Waals surface area contributed by atoms with E-state index in [1.165, 1.54) is 32.1 Å². The fourth-order valence-corrected chi connectivity index (χ4v) is 2.83. The van der Waals surface area contributed by atoms with Gasteiger partial charge in [-0.15, -0.1) is 0 Å². The molecule has 1 rings (SSSR count). The monoisotopic (exact) mass is 228 g/mol. The van der Waals surface area contributed by atoms with Gasteiger partial charge in [0, 0.05) is 6.61 Å². The van der Waals surface area contributed by atoms with Gasteiger partial charge >= 0.3 is 0 Å². The second-order valence-electron chi connectivity index (χ2n) is 5.51. The molecular formula is C14H28O2. The lowest BCUT2D eigenvalue weighted by atomic mass is 9.82. The molecule has 1 aliphatic carbocycles. The Morgan fingerprint density at radius 1 is 1.19 bits per heavy atom. The summed E-state index contributed by atoms with van der Waals surface area (Å²) in [5.41, 5.74) is 0. The first-order valence-electron chi connectivity index (χ1n) is 6.94. The first-order valence-corrected chi connectivity index (χ1v) is 6.94. The maximum absolute atomic E-state index is 10.2. The van der Waals surface area contributed by atoms with Crippen molar-refractivity contribution in [2.45, 2.75) is 71.5 Å². The van der Waals surface area contributed by atoms with Gasteiger partial charge in [-0.25, -0.2) is 0 Å². The smallest absolute Gasteiger partial charge is 0.0861 e. The van der Waals surface area contributed by atoms with Crippen molar-refractivity contribution in [1.82, 2.24) is 0 Å². The Labute approximate surface area is 100 Å². The number of ether oxygens (including phenoxy) is 1. The Hall–Kier alpha value is -0.0800. The molecule has 0 aliphatic heterocycles. The molecule has 0 bridgehead atoms. The summed E-state index contributed by atoms with van der Waals surface area (Å²) in [5, 5.41) is 10.2. The van der Waals surface area contributed by atoms with E-state index in [4.69, 9.17) is 4.74 Å². The highest BCUT2D eigenvalue weighted by molar-refractivity contribution is 4.80. The topological polar surface area (TPSA) is 29.5 Å². The molecule has 0 aromatic heterocycles. The summed E-state index contributed by atoms with van der Waals surface area (Å²) in [6, 6.07) is 0. The van der Waals surface area contributed by atoms with Crippen molar-refractivity contribution in [3.05, 3.63) is 0 Å². The third-order valence-corrected chi connectivity index (χ3v) is 3.57. The minimum Gasteiger partial charge on any atom is -0.390 e. The molecule has 0 aromatic rings. The standard InChI is InChI=1S/C14H28O2/c1-4-16-14(13(15)10-11(2)3)12-8-6-5-7-9-12/h11-15H,4-10H2,1-3H3. The van der Waals surface area contributed by atoms with E-state index >= 15 is 0 Å². The maximum Gasteiger partial charge on any atom is 0.0861 e. The van der Waals surface area contributed by atoms with Crippen molar-refractivity contribution in [2.24, 2.45) is 11.8 Å². The van der Waals surface area contributed by atoms with E-state index in [-0.39, 0.29) is 12.2 Å². The van der Waals surface area contributed by atoms with Gasteiger partial charge in [0.15, 0.2) is 0 Å². The van der Waals surface area contributed by atoms with E-state index in [0.717, 1.165) is 13.0 Å². The minimum absolute atomic E-state index is 0.0766. The number of rotatable bonds is 6. The van der Waals surface area contributed by atoms with E-state index in [9.17, 15) is 5.11 Å². The van der Waals surface area contributed by atoms with Crippen LogP contribution in [0, 0.1) is 11.8 Å². The highest BCUT2D eigenvalue weighted by Crippen LogP contribution is 2.30. The Morgan fingerprint density at radius 3 is 2.31 bits per heavy atom. The Kier molecular flexibility index (Phi) is 6.37. The van der Waals surface area contributed by atoms with Gasteiger partial charge < -0.3 is 9.84 Å². The lowest BCUT2D eigenvalue weighted by Gasteiger charge is -2.33. The fourth-order valence-electron chi connectivity index (χ4n) is 2.83. The zero-order valence-corrected chi connectivity index (χ0v) is 11.1. The molecule has 2 atom stereocenters. The van der Waals surface area contributed by atoms with Gasteiger partial charge in [-0.1, -0.05) is 33.1 Å². The first kappa shape index (κ1) is 14.0. The van der Waals surface area contributed by atoms with E-state index < -0.39 is 0 Å². The van der Waals surface area contributed by atoms with Crippen molar-refractivity contribution in [3.63, 3.8) is 0 Å². The Bertz CT molecular complexity index is 174. The summed E-state index contributed by atoms with van der Waals surface area (Å²) in [4.78, 5) is 0. The van der Waals surface area contributed by atoms with Gasteiger partial charge in [-0.3, -0.25) is 0 Å². The highest BCUT2D eigenvalue weighted by Gasteiger charge is 2.30. The molecule has 1 saturated carbocycles. The lowest BCUT2D eigenvalue weighted by Crippen LogP contribution is -2.38. The summed E-state index contributed by atoms with van der Waals surface area (Å²) in [7, 11) is 0.